The topological polar surface area (TPSA) is 45.4 Å². The summed E-state index contributed by atoms with van der Waals surface area (Å²) >= 11 is 0. The number of hydrogen-bond acceptors (Lipinski definition) is 3. The van der Waals surface area contributed by atoms with E-state index < -0.39 is 0 Å². The molecule has 60 valence electrons. The summed E-state index contributed by atoms with van der Waals surface area (Å²) in [6, 6.07) is 9.28. The number of benzene rings is 1. The summed E-state index contributed by atoms with van der Waals surface area (Å²) in [6.45, 7) is 0. The third kappa shape index (κ3) is 1.83. The van der Waals surface area contributed by atoms with Crippen LogP contribution >= 0.6 is 0 Å². The lowest BCUT2D eigenvalue weighted by molar-refractivity contribution is 0.405. The Morgan fingerprint density at radius 3 is 2.58 bits per heavy atom. The molecular weight excluding hydrogens is 152 g/mol. The third-order valence-electron chi connectivity index (χ3n) is 1.37. The van der Waals surface area contributed by atoms with Crippen LogP contribution in [0.3, 0.4) is 0 Å². The first-order valence-electron chi connectivity index (χ1n) is 3.44. The zero-order valence-corrected chi connectivity index (χ0v) is 6.69. The van der Waals surface area contributed by atoms with Crippen molar-refractivity contribution in [1.29, 1.82) is 5.26 Å². The maximum atomic E-state index is 8.31. The van der Waals surface area contributed by atoms with Gasteiger partial charge in [0.05, 0.1) is 7.11 Å². The predicted octanol–water partition coefficient (Wildman–Crippen LogP) is 1.56. The summed E-state index contributed by atoms with van der Waals surface area (Å²) in [5.74, 6) is 0.345. The molecule has 0 aliphatic heterocycles. The van der Waals surface area contributed by atoms with Crippen molar-refractivity contribution in [2.45, 2.75) is 0 Å². The van der Waals surface area contributed by atoms with Crippen molar-refractivity contribution in [3.05, 3.63) is 35.9 Å². The Labute approximate surface area is 70.9 Å². The van der Waals surface area contributed by atoms with E-state index in [0.29, 0.717) is 5.90 Å². The second kappa shape index (κ2) is 4.14. The summed E-state index contributed by atoms with van der Waals surface area (Å²) in [6.07, 6.45) is 1.68. The molecule has 0 aromatic heterocycles. The molecule has 1 rings (SSSR count). The normalized spacial score (nSPS) is 10.5. The fourth-order valence-electron chi connectivity index (χ4n) is 0.854. The largest absolute Gasteiger partial charge is 0.480 e. The summed E-state index contributed by atoms with van der Waals surface area (Å²) in [7, 11) is 1.49. The molecule has 0 spiro atoms. The highest BCUT2D eigenvalue weighted by atomic mass is 16.5. The fraction of sp³-hybridized carbons (Fsp3) is 0.111. The molecule has 0 aliphatic carbocycles. The number of nitriles is 1. The lowest BCUT2D eigenvalue weighted by Gasteiger charge is -2.00. The van der Waals surface area contributed by atoms with Crippen LogP contribution in [-0.4, -0.2) is 13.0 Å². The molecule has 0 saturated heterocycles. The highest BCUT2D eigenvalue weighted by Crippen LogP contribution is 2.01. The number of hydrogen-bond donors (Lipinski definition) is 0. The SMILES string of the molecule is CO/C(=N\C#N)c1ccccc1. The second-order valence-corrected chi connectivity index (χ2v) is 2.09. The number of rotatable bonds is 1. The molecule has 0 fully saturated rings. The number of ether oxygens (including phenoxy) is 1. The van der Waals surface area contributed by atoms with Crippen LogP contribution in [0.15, 0.2) is 35.3 Å². The van der Waals surface area contributed by atoms with Gasteiger partial charge in [-0.05, 0) is 12.1 Å². The minimum Gasteiger partial charge on any atom is -0.480 e. The van der Waals surface area contributed by atoms with Crippen LogP contribution in [0.25, 0.3) is 0 Å². The standard InChI is InChI=1S/C9H8N2O/c1-12-9(11-7-10)8-5-3-2-4-6-8/h2-6H,1H3/b11-9-. The van der Waals surface area contributed by atoms with E-state index in [0.717, 1.165) is 5.56 Å². The van der Waals surface area contributed by atoms with Crippen LogP contribution in [0, 0.1) is 11.5 Å². The van der Waals surface area contributed by atoms with E-state index in [4.69, 9.17) is 10.00 Å². The Bertz CT molecular complexity index is 311. The third-order valence-corrected chi connectivity index (χ3v) is 1.37. The van der Waals surface area contributed by atoms with E-state index in [1.165, 1.54) is 7.11 Å². The van der Waals surface area contributed by atoms with Crippen LogP contribution in [0.1, 0.15) is 5.56 Å². The van der Waals surface area contributed by atoms with Crippen molar-refractivity contribution in [2.75, 3.05) is 7.11 Å². The number of aliphatic imine (C=N–C) groups is 1. The van der Waals surface area contributed by atoms with Crippen LogP contribution < -0.4 is 0 Å². The zero-order valence-electron chi connectivity index (χ0n) is 6.69. The smallest absolute Gasteiger partial charge is 0.231 e. The molecular formula is C9H8N2O. The summed E-state index contributed by atoms with van der Waals surface area (Å²) in [4.78, 5) is 3.51. The van der Waals surface area contributed by atoms with Crippen molar-refractivity contribution in [2.24, 2.45) is 4.99 Å². The molecule has 12 heavy (non-hydrogen) atoms. The molecule has 0 amide bonds. The average molecular weight is 160 g/mol. The van der Waals surface area contributed by atoms with Gasteiger partial charge in [0.1, 0.15) is 0 Å². The number of nitrogens with zero attached hydrogens (tertiary/aromatic N) is 2. The van der Waals surface area contributed by atoms with Crippen LogP contribution in [-0.2, 0) is 4.74 Å². The zero-order chi connectivity index (χ0) is 8.81. The molecule has 1 aromatic rings. The van der Waals surface area contributed by atoms with Crippen LogP contribution in [0.4, 0.5) is 0 Å². The maximum absolute atomic E-state index is 8.31. The van der Waals surface area contributed by atoms with Crippen molar-refractivity contribution in [1.82, 2.24) is 0 Å². The quantitative estimate of drug-likeness (QED) is 0.355. The van der Waals surface area contributed by atoms with Gasteiger partial charge in [-0.15, -0.1) is 4.99 Å². The first-order chi connectivity index (χ1) is 5.88. The van der Waals surface area contributed by atoms with Crippen molar-refractivity contribution in [3.8, 4) is 6.19 Å². The summed E-state index contributed by atoms with van der Waals surface area (Å²) < 4.78 is 4.90. The Kier molecular flexibility index (Phi) is 2.86. The molecule has 0 saturated carbocycles. The molecule has 0 aliphatic rings. The molecule has 1 aromatic carbocycles. The monoisotopic (exact) mass is 160 g/mol. The molecule has 3 nitrogen and oxygen atoms in total. The van der Waals surface area contributed by atoms with Gasteiger partial charge in [-0.3, -0.25) is 0 Å². The molecule has 0 bridgehead atoms. The maximum Gasteiger partial charge on any atom is 0.231 e. The average Bonchev–Trinajstić information content (AvgIpc) is 2.15. The van der Waals surface area contributed by atoms with E-state index in [9.17, 15) is 0 Å². The second-order valence-electron chi connectivity index (χ2n) is 2.09. The van der Waals surface area contributed by atoms with E-state index in [2.05, 4.69) is 4.99 Å². The Morgan fingerprint density at radius 2 is 2.08 bits per heavy atom. The minimum absolute atomic E-state index is 0.345. The molecule has 3 heteroatoms. The predicted molar refractivity (Wildman–Crippen MR) is 45.6 cm³/mol. The van der Waals surface area contributed by atoms with Gasteiger partial charge in [-0.25, -0.2) is 0 Å². The van der Waals surface area contributed by atoms with E-state index in [-0.39, 0.29) is 0 Å². The fourth-order valence-corrected chi connectivity index (χ4v) is 0.854. The van der Waals surface area contributed by atoms with Crippen molar-refractivity contribution >= 4 is 5.90 Å². The molecule has 0 atom stereocenters. The first kappa shape index (κ1) is 8.28. The van der Waals surface area contributed by atoms with Crippen LogP contribution in [0.2, 0.25) is 0 Å². The highest BCUT2D eigenvalue weighted by molar-refractivity contribution is 5.94. The highest BCUT2D eigenvalue weighted by Gasteiger charge is 1.99. The van der Waals surface area contributed by atoms with E-state index in [1.807, 2.05) is 30.3 Å². The van der Waals surface area contributed by atoms with Gasteiger partial charge >= 0.3 is 0 Å². The number of methoxy groups -OCH3 is 1. The Morgan fingerprint density at radius 1 is 1.42 bits per heavy atom. The van der Waals surface area contributed by atoms with Gasteiger partial charge in [0.25, 0.3) is 0 Å². The van der Waals surface area contributed by atoms with Gasteiger partial charge < -0.3 is 4.74 Å². The van der Waals surface area contributed by atoms with Gasteiger partial charge in [-0.1, -0.05) is 18.2 Å². The molecule has 0 unspecified atom stereocenters. The first-order valence-corrected chi connectivity index (χ1v) is 3.44. The van der Waals surface area contributed by atoms with Gasteiger partial charge in [-0.2, -0.15) is 5.26 Å². The Balaban J connectivity index is 2.98. The van der Waals surface area contributed by atoms with Crippen molar-refractivity contribution < 1.29 is 4.74 Å². The van der Waals surface area contributed by atoms with Gasteiger partial charge in [0, 0.05) is 5.56 Å². The lowest BCUT2D eigenvalue weighted by Crippen LogP contribution is -2.01. The minimum atomic E-state index is 0.345. The molecule has 0 heterocycles. The molecule has 0 N–H and O–H groups in total. The van der Waals surface area contributed by atoms with Crippen LogP contribution in [0.5, 0.6) is 0 Å². The van der Waals surface area contributed by atoms with Gasteiger partial charge in [0.2, 0.25) is 12.1 Å². The lowest BCUT2D eigenvalue weighted by atomic mass is 10.2. The van der Waals surface area contributed by atoms with E-state index >= 15 is 0 Å². The van der Waals surface area contributed by atoms with Gasteiger partial charge in [0.15, 0.2) is 0 Å². The summed E-state index contributed by atoms with van der Waals surface area (Å²) in [5.41, 5.74) is 0.807. The Hall–Kier alpha value is -1.82. The van der Waals surface area contributed by atoms with Crippen molar-refractivity contribution in [3.63, 3.8) is 0 Å². The van der Waals surface area contributed by atoms with E-state index in [1.54, 1.807) is 6.19 Å². The molecule has 0 radical (unpaired) electrons. The summed E-state index contributed by atoms with van der Waals surface area (Å²) in [5, 5.41) is 8.31.